The molecular weight excluding hydrogens is 436 g/mol. The van der Waals surface area contributed by atoms with Gasteiger partial charge in [-0.2, -0.15) is 0 Å². The van der Waals surface area contributed by atoms with Crippen LogP contribution in [-0.4, -0.2) is 70.5 Å². The highest BCUT2D eigenvalue weighted by Gasteiger charge is 2.31. The number of nitrogens with one attached hydrogen (secondary N) is 1. The number of pyridine rings is 2. The van der Waals surface area contributed by atoms with Gasteiger partial charge in [0.1, 0.15) is 22.7 Å². The van der Waals surface area contributed by atoms with E-state index in [1.807, 2.05) is 11.9 Å². The molecule has 1 atom stereocenters. The van der Waals surface area contributed by atoms with Crippen LogP contribution in [0.2, 0.25) is 0 Å². The molecular formula is C25H30N4O5. The van der Waals surface area contributed by atoms with Crippen LogP contribution in [-0.2, 0) is 19.4 Å². The monoisotopic (exact) mass is 466 g/mol. The Morgan fingerprint density at radius 3 is 2.65 bits per heavy atom. The van der Waals surface area contributed by atoms with Crippen LogP contribution < -0.4 is 15.6 Å². The van der Waals surface area contributed by atoms with E-state index in [4.69, 9.17) is 4.74 Å². The normalized spacial score (nSPS) is 14.9. The minimum absolute atomic E-state index is 0.00690. The highest BCUT2D eigenvalue weighted by molar-refractivity contribution is 6.02. The van der Waals surface area contributed by atoms with Gasteiger partial charge in [-0.05, 0) is 24.6 Å². The Bertz CT molecular complexity index is 1270. The molecule has 1 amide bonds. The Morgan fingerprint density at radius 2 is 2.00 bits per heavy atom. The number of aliphatic hydroxyl groups is 1. The third kappa shape index (κ3) is 4.36. The van der Waals surface area contributed by atoms with E-state index in [0.717, 1.165) is 17.5 Å². The smallest absolute Gasteiger partial charge is 0.268 e. The Labute approximate surface area is 197 Å². The lowest BCUT2D eigenvalue weighted by molar-refractivity contribution is 0.0953. The predicted octanol–water partition coefficient (Wildman–Crippen LogP) is 1.30. The largest absolute Gasteiger partial charge is 0.505 e. The van der Waals surface area contributed by atoms with Gasteiger partial charge in [-0.15, -0.1) is 0 Å². The molecule has 180 valence electrons. The van der Waals surface area contributed by atoms with Crippen molar-refractivity contribution in [3.63, 3.8) is 0 Å². The number of amides is 1. The number of hydrogen-bond donors (Lipinski definition) is 3. The number of rotatable bonds is 8. The van der Waals surface area contributed by atoms with Crippen molar-refractivity contribution in [2.75, 3.05) is 33.8 Å². The number of carbonyl (C=O) groups excluding carboxylic acids is 1. The van der Waals surface area contributed by atoms with Crippen molar-refractivity contribution in [3.05, 3.63) is 63.1 Å². The third-order valence-electron chi connectivity index (χ3n) is 6.22. The average molecular weight is 467 g/mol. The van der Waals surface area contributed by atoms with Crippen molar-refractivity contribution in [1.29, 1.82) is 0 Å². The van der Waals surface area contributed by atoms with Gasteiger partial charge in [-0.3, -0.25) is 19.1 Å². The molecule has 0 bridgehead atoms. The molecule has 1 unspecified atom stereocenters. The van der Waals surface area contributed by atoms with Gasteiger partial charge in [0.25, 0.3) is 11.5 Å². The molecule has 3 aromatic rings. The molecule has 1 aromatic carbocycles. The molecule has 0 radical (unpaired) electrons. The lowest BCUT2D eigenvalue weighted by Crippen LogP contribution is -2.43. The number of likely N-dealkylation sites (N-methyl/N-ethyl adjacent to an activating group) is 1. The van der Waals surface area contributed by atoms with E-state index in [1.165, 1.54) is 17.2 Å². The number of carbonyl (C=O) groups is 1. The summed E-state index contributed by atoms with van der Waals surface area (Å²) in [6, 6.07) is 8.29. The highest BCUT2D eigenvalue weighted by atomic mass is 16.5. The summed E-state index contributed by atoms with van der Waals surface area (Å²) in [4.78, 5) is 32.1. The fourth-order valence-corrected chi connectivity index (χ4v) is 4.39. The number of aryl methyl sites for hydroxylation is 1. The minimum Gasteiger partial charge on any atom is -0.505 e. The summed E-state index contributed by atoms with van der Waals surface area (Å²) in [5.41, 5.74) is 2.71. The first-order chi connectivity index (χ1) is 16.4. The zero-order valence-electron chi connectivity index (χ0n) is 19.7. The first-order valence-corrected chi connectivity index (χ1v) is 11.4. The van der Waals surface area contributed by atoms with Gasteiger partial charge in [0, 0.05) is 38.3 Å². The number of aromatic nitrogens is 2. The maximum atomic E-state index is 13.3. The maximum absolute atomic E-state index is 13.3. The zero-order valence-corrected chi connectivity index (χ0v) is 19.7. The minimum atomic E-state index is -0.669. The van der Waals surface area contributed by atoms with E-state index in [0.29, 0.717) is 30.8 Å². The Morgan fingerprint density at radius 1 is 1.29 bits per heavy atom. The van der Waals surface area contributed by atoms with Crippen LogP contribution in [0.4, 0.5) is 0 Å². The third-order valence-corrected chi connectivity index (χ3v) is 6.22. The molecule has 3 N–H and O–H groups in total. The molecule has 0 saturated heterocycles. The fourth-order valence-electron chi connectivity index (χ4n) is 4.39. The van der Waals surface area contributed by atoms with Crippen molar-refractivity contribution < 1.29 is 19.7 Å². The van der Waals surface area contributed by atoms with Gasteiger partial charge >= 0.3 is 0 Å². The second kappa shape index (κ2) is 9.82. The maximum Gasteiger partial charge on any atom is 0.268 e. The molecule has 9 nitrogen and oxygen atoms in total. The first-order valence-electron chi connectivity index (χ1n) is 11.4. The average Bonchev–Trinajstić information content (AvgIpc) is 2.83. The Kier molecular flexibility index (Phi) is 6.85. The van der Waals surface area contributed by atoms with Gasteiger partial charge in [0.15, 0.2) is 11.5 Å². The summed E-state index contributed by atoms with van der Waals surface area (Å²) in [7, 11) is 3.27. The number of nitrogens with zero attached hydrogens (tertiary/aromatic N) is 3. The van der Waals surface area contributed by atoms with Crippen LogP contribution in [0.25, 0.3) is 11.0 Å². The van der Waals surface area contributed by atoms with E-state index in [9.17, 15) is 19.8 Å². The molecule has 2 aromatic heterocycles. The molecule has 0 aliphatic carbocycles. The number of ether oxygens (including phenoxy) is 1. The van der Waals surface area contributed by atoms with Crippen LogP contribution in [0, 0.1) is 0 Å². The first kappa shape index (κ1) is 23.7. The summed E-state index contributed by atoms with van der Waals surface area (Å²) in [5.74, 6) is -0.638. The lowest BCUT2D eigenvalue weighted by Gasteiger charge is -2.32. The number of aliphatic hydroxyl groups excluding tert-OH is 1. The van der Waals surface area contributed by atoms with Crippen LogP contribution >= 0.6 is 0 Å². The summed E-state index contributed by atoms with van der Waals surface area (Å²) in [6.45, 7) is 3.23. The van der Waals surface area contributed by atoms with Crippen molar-refractivity contribution in [2.24, 2.45) is 0 Å². The number of benzene rings is 1. The number of aromatic hydroxyl groups is 1. The van der Waals surface area contributed by atoms with Crippen molar-refractivity contribution in [3.8, 4) is 11.5 Å². The SMILES string of the molecule is CCc1ccc(Cc2cnc3c(O)c(C(=O)NC)c(=O)n4c3c2OC(CN(C)CCO)C4)cc1. The summed E-state index contributed by atoms with van der Waals surface area (Å²) in [6.07, 6.45) is 2.73. The van der Waals surface area contributed by atoms with E-state index in [2.05, 4.69) is 41.5 Å². The van der Waals surface area contributed by atoms with Gasteiger partial charge in [-0.1, -0.05) is 31.2 Å². The Hall–Kier alpha value is -3.43. The second-order valence-corrected chi connectivity index (χ2v) is 8.60. The van der Waals surface area contributed by atoms with Gasteiger partial charge in [-0.25, -0.2) is 0 Å². The van der Waals surface area contributed by atoms with E-state index in [-0.39, 0.29) is 24.2 Å². The zero-order chi connectivity index (χ0) is 24.4. The quantitative estimate of drug-likeness (QED) is 0.458. The van der Waals surface area contributed by atoms with Crippen LogP contribution in [0.15, 0.2) is 35.3 Å². The van der Waals surface area contributed by atoms with Crippen molar-refractivity contribution >= 4 is 16.9 Å². The number of hydrogen-bond acceptors (Lipinski definition) is 7. The fraction of sp³-hybridized carbons (Fsp3) is 0.400. The molecule has 34 heavy (non-hydrogen) atoms. The molecule has 9 heteroatoms. The van der Waals surface area contributed by atoms with E-state index in [1.54, 1.807) is 6.20 Å². The topological polar surface area (TPSA) is 117 Å². The van der Waals surface area contributed by atoms with E-state index < -0.39 is 23.3 Å². The molecule has 0 saturated carbocycles. The highest BCUT2D eigenvalue weighted by Crippen LogP contribution is 2.37. The van der Waals surface area contributed by atoms with Crippen LogP contribution in [0.1, 0.15) is 34.0 Å². The van der Waals surface area contributed by atoms with Gasteiger partial charge < -0.3 is 25.2 Å². The van der Waals surface area contributed by atoms with Gasteiger partial charge in [0.2, 0.25) is 0 Å². The molecule has 1 aliphatic rings. The van der Waals surface area contributed by atoms with Crippen molar-refractivity contribution in [2.45, 2.75) is 32.4 Å². The van der Waals surface area contributed by atoms with Crippen LogP contribution in [0.5, 0.6) is 11.5 Å². The lowest BCUT2D eigenvalue weighted by atomic mass is 10.0. The molecule has 0 spiro atoms. The van der Waals surface area contributed by atoms with Gasteiger partial charge in [0.05, 0.1) is 13.2 Å². The van der Waals surface area contributed by atoms with E-state index >= 15 is 0 Å². The molecule has 1 aliphatic heterocycles. The molecule has 0 fully saturated rings. The van der Waals surface area contributed by atoms with Crippen LogP contribution in [0.3, 0.4) is 0 Å². The molecule has 4 rings (SSSR count). The van der Waals surface area contributed by atoms with Crippen molar-refractivity contribution in [1.82, 2.24) is 19.8 Å². The predicted molar refractivity (Wildman–Crippen MR) is 129 cm³/mol. The summed E-state index contributed by atoms with van der Waals surface area (Å²) in [5, 5.41) is 22.5. The summed E-state index contributed by atoms with van der Waals surface area (Å²) < 4.78 is 7.85. The molecule has 3 heterocycles. The second-order valence-electron chi connectivity index (χ2n) is 8.60. The standard InChI is InChI=1S/C25H30N4O5/c1-4-15-5-7-16(8-6-15)11-17-12-27-20-21-23(17)34-18(13-28(3)9-10-30)14-29(21)25(33)19(22(20)31)24(32)26-2/h5-8,12,18,30-31H,4,9-11,13-14H2,1-3H3,(H,26,32). The Balaban J connectivity index is 1.86. The summed E-state index contributed by atoms with van der Waals surface area (Å²) >= 11 is 0.